The zero-order valence-corrected chi connectivity index (χ0v) is 10.4. The summed E-state index contributed by atoms with van der Waals surface area (Å²) in [6, 6.07) is 0. The molecule has 0 amide bonds. The molecule has 0 unspecified atom stereocenters. The summed E-state index contributed by atoms with van der Waals surface area (Å²) in [5, 5.41) is 20.8. The molecule has 2 aromatic rings. The van der Waals surface area contributed by atoms with E-state index in [1.54, 1.807) is 10.9 Å². The number of aromatic nitrogens is 4. The number of H-pyrrole nitrogens is 1. The van der Waals surface area contributed by atoms with Gasteiger partial charge in [0.2, 0.25) is 0 Å². The number of carbonyl (C=O) groups is 1. The number of rotatable bonds is 4. The van der Waals surface area contributed by atoms with E-state index in [1.807, 2.05) is 0 Å². The zero-order chi connectivity index (χ0) is 13.4. The highest BCUT2D eigenvalue weighted by molar-refractivity contribution is 5.90. The predicted molar refractivity (Wildman–Crippen MR) is 67.8 cm³/mol. The van der Waals surface area contributed by atoms with Crippen LogP contribution in [0.25, 0.3) is 11.3 Å². The SMILES string of the molecule is NCCCn1nc2c(c1C(=O)O)CCc1[nH]ncc1-2. The maximum absolute atomic E-state index is 11.5. The lowest BCUT2D eigenvalue weighted by Gasteiger charge is -2.10. The van der Waals surface area contributed by atoms with E-state index in [2.05, 4.69) is 15.3 Å². The number of fused-ring (bicyclic) bond motifs is 3. The van der Waals surface area contributed by atoms with Crippen LogP contribution in [0.15, 0.2) is 6.20 Å². The molecule has 4 N–H and O–H groups in total. The van der Waals surface area contributed by atoms with Gasteiger partial charge in [0, 0.05) is 23.4 Å². The summed E-state index contributed by atoms with van der Waals surface area (Å²) in [6.07, 6.45) is 3.86. The largest absolute Gasteiger partial charge is 0.477 e. The van der Waals surface area contributed by atoms with Crippen LogP contribution in [0.5, 0.6) is 0 Å². The number of hydrogen-bond acceptors (Lipinski definition) is 4. The molecule has 3 rings (SSSR count). The highest BCUT2D eigenvalue weighted by atomic mass is 16.4. The monoisotopic (exact) mass is 261 g/mol. The van der Waals surface area contributed by atoms with Gasteiger partial charge in [-0.1, -0.05) is 0 Å². The lowest BCUT2D eigenvalue weighted by Crippen LogP contribution is -2.14. The van der Waals surface area contributed by atoms with Gasteiger partial charge in [-0.2, -0.15) is 10.2 Å². The minimum Gasteiger partial charge on any atom is -0.477 e. The standard InChI is InChI=1S/C12H15N5O2/c13-4-1-5-17-11(12(18)19)7-2-3-9-8(6-14-15-9)10(7)16-17/h6H,1-5,13H2,(H,14,15)(H,18,19). The van der Waals surface area contributed by atoms with Gasteiger partial charge in [-0.05, 0) is 25.8 Å². The first kappa shape index (κ1) is 11.9. The highest BCUT2D eigenvalue weighted by Crippen LogP contribution is 2.33. The average molecular weight is 261 g/mol. The van der Waals surface area contributed by atoms with E-state index in [4.69, 9.17) is 5.73 Å². The number of nitrogens with two attached hydrogens (primary N) is 1. The van der Waals surface area contributed by atoms with Crippen LogP contribution in [0.1, 0.15) is 28.2 Å². The van der Waals surface area contributed by atoms with Gasteiger partial charge in [-0.3, -0.25) is 9.78 Å². The van der Waals surface area contributed by atoms with Gasteiger partial charge < -0.3 is 10.8 Å². The molecule has 2 heterocycles. The van der Waals surface area contributed by atoms with Crippen molar-refractivity contribution in [3.63, 3.8) is 0 Å². The summed E-state index contributed by atoms with van der Waals surface area (Å²) in [7, 11) is 0. The van der Waals surface area contributed by atoms with Gasteiger partial charge in [0.25, 0.3) is 0 Å². The molecule has 0 aliphatic heterocycles. The molecule has 1 aliphatic carbocycles. The van der Waals surface area contributed by atoms with Gasteiger partial charge in [0.05, 0.1) is 11.9 Å². The second-order valence-corrected chi connectivity index (χ2v) is 4.61. The number of aromatic amines is 1. The number of nitrogens with one attached hydrogen (secondary N) is 1. The molecule has 0 radical (unpaired) electrons. The Morgan fingerprint density at radius 3 is 3.11 bits per heavy atom. The summed E-state index contributed by atoms with van der Waals surface area (Å²) in [6.45, 7) is 1.04. The van der Waals surface area contributed by atoms with Crippen molar-refractivity contribution in [2.75, 3.05) is 6.54 Å². The molecular formula is C12H15N5O2. The molecule has 0 spiro atoms. The van der Waals surface area contributed by atoms with Gasteiger partial charge >= 0.3 is 5.97 Å². The quantitative estimate of drug-likeness (QED) is 0.738. The van der Waals surface area contributed by atoms with Crippen LogP contribution in [-0.2, 0) is 19.4 Å². The molecular weight excluding hydrogens is 246 g/mol. The van der Waals surface area contributed by atoms with Crippen molar-refractivity contribution in [3.05, 3.63) is 23.1 Å². The van der Waals surface area contributed by atoms with Crippen molar-refractivity contribution in [1.82, 2.24) is 20.0 Å². The molecule has 1 aliphatic rings. The van der Waals surface area contributed by atoms with Crippen molar-refractivity contribution in [1.29, 1.82) is 0 Å². The van der Waals surface area contributed by atoms with E-state index in [1.165, 1.54) is 0 Å². The molecule has 0 atom stereocenters. The van der Waals surface area contributed by atoms with Crippen LogP contribution >= 0.6 is 0 Å². The summed E-state index contributed by atoms with van der Waals surface area (Å²) < 4.78 is 1.56. The van der Waals surface area contributed by atoms with Crippen molar-refractivity contribution in [2.45, 2.75) is 25.8 Å². The maximum atomic E-state index is 11.5. The lowest BCUT2D eigenvalue weighted by molar-refractivity contribution is 0.0681. The molecule has 0 saturated heterocycles. The van der Waals surface area contributed by atoms with Crippen LogP contribution in [0.3, 0.4) is 0 Å². The van der Waals surface area contributed by atoms with Crippen LogP contribution in [0.4, 0.5) is 0 Å². The Hall–Kier alpha value is -2.15. The number of aryl methyl sites for hydroxylation is 2. The first-order valence-corrected chi connectivity index (χ1v) is 6.28. The Balaban J connectivity index is 2.12. The van der Waals surface area contributed by atoms with Gasteiger partial charge in [0.15, 0.2) is 0 Å². The van der Waals surface area contributed by atoms with E-state index in [0.29, 0.717) is 25.9 Å². The third-order valence-corrected chi connectivity index (χ3v) is 3.43. The fourth-order valence-corrected chi connectivity index (χ4v) is 2.55. The summed E-state index contributed by atoms with van der Waals surface area (Å²) in [4.78, 5) is 11.5. The number of hydrogen-bond donors (Lipinski definition) is 3. The molecule has 7 nitrogen and oxygen atoms in total. The number of aromatic carboxylic acids is 1. The van der Waals surface area contributed by atoms with Crippen LogP contribution < -0.4 is 5.73 Å². The van der Waals surface area contributed by atoms with Crippen molar-refractivity contribution < 1.29 is 9.90 Å². The van der Waals surface area contributed by atoms with Gasteiger partial charge in [-0.15, -0.1) is 0 Å². The van der Waals surface area contributed by atoms with Gasteiger partial charge in [0.1, 0.15) is 5.69 Å². The molecule has 2 aromatic heterocycles. The average Bonchev–Trinajstić information content (AvgIpc) is 2.98. The Morgan fingerprint density at radius 1 is 1.53 bits per heavy atom. The number of carboxylic acids is 1. The molecule has 19 heavy (non-hydrogen) atoms. The lowest BCUT2D eigenvalue weighted by atomic mass is 9.94. The summed E-state index contributed by atoms with van der Waals surface area (Å²) >= 11 is 0. The Bertz CT molecular complexity index is 628. The predicted octanol–water partition coefficient (Wildman–Crippen LogP) is 0.419. The molecule has 7 heteroatoms. The van der Waals surface area contributed by atoms with Crippen LogP contribution in [0, 0.1) is 0 Å². The second-order valence-electron chi connectivity index (χ2n) is 4.61. The van der Waals surface area contributed by atoms with Crippen molar-refractivity contribution in [3.8, 4) is 11.3 Å². The fraction of sp³-hybridized carbons (Fsp3) is 0.417. The third-order valence-electron chi connectivity index (χ3n) is 3.43. The van der Waals surface area contributed by atoms with Crippen LogP contribution in [0.2, 0.25) is 0 Å². The van der Waals surface area contributed by atoms with Crippen molar-refractivity contribution >= 4 is 5.97 Å². The zero-order valence-electron chi connectivity index (χ0n) is 10.4. The first-order valence-electron chi connectivity index (χ1n) is 6.28. The second kappa shape index (κ2) is 4.51. The number of nitrogens with zero attached hydrogens (tertiary/aromatic N) is 3. The van der Waals surface area contributed by atoms with E-state index in [-0.39, 0.29) is 5.69 Å². The first-order chi connectivity index (χ1) is 9.22. The maximum Gasteiger partial charge on any atom is 0.354 e. The van der Waals surface area contributed by atoms with E-state index < -0.39 is 5.97 Å². The Labute approximate surface area is 109 Å². The number of carboxylic acid groups (broad SMARTS) is 1. The highest BCUT2D eigenvalue weighted by Gasteiger charge is 2.28. The topological polar surface area (TPSA) is 110 Å². The Kier molecular flexibility index (Phi) is 2.83. The van der Waals surface area contributed by atoms with E-state index in [0.717, 1.165) is 28.9 Å². The Morgan fingerprint density at radius 2 is 2.37 bits per heavy atom. The summed E-state index contributed by atoms with van der Waals surface area (Å²) in [5.41, 5.74) is 9.25. The minimum absolute atomic E-state index is 0.287. The third kappa shape index (κ3) is 1.82. The molecule has 100 valence electrons. The molecule has 0 fully saturated rings. The minimum atomic E-state index is -0.933. The van der Waals surface area contributed by atoms with Crippen molar-refractivity contribution in [2.24, 2.45) is 5.73 Å². The normalized spacial score (nSPS) is 13.1. The van der Waals surface area contributed by atoms with E-state index >= 15 is 0 Å². The molecule has 0 bridgehead atoms. The van der Waals surface area contributed by atoms with Crippen LogP contribution in [-0.4, -0.2) is 37.6 Å². The molecule has 0 aromatic carbocycles. The summed E-state index contributed by atoms with van der Waals surface area (Å²) in [5.74, 6) is -0.933. The van der Waals surface area contributed by atoms with E-state index in [9.17, 15) is 9.90 Å². The fourth-order valence-electron chi connectivity index (χ4n) is 2.55. The van der Waals surface area contributed by atoms with Gasteiger partial charge in [-0.25, -0.2) is 4.79 Å². The molecule has 0 saturated carbocycles. The smallest absolute Gasteiger partial charge is 0.354 e.